The molecule has 100 valence electrons. The van der Waals surface area contributed by atoms with E-state index in [-0.39, 0.29) is 0 Å². The monoisotopic (exact) mass is 282 g/mol. The van der Waals surface area contributed by atoms with Crippen molar-refractivity contribution in [2.45, 2.75) is 51.4 Å². The van der Waals surface area contributed by atoms with Gasteiger partial charge in [0.15, 0.2) is 0 Å². The van der Waals surface area contributed by atoms with E-state index in [2.05, 4.69) is 4.74 Å². The number of esters is 2. The van der Waals surface area contributed by atoms with Crippen LogP contribution in [0.15, 0.2) is 0 Å². The molecule has 0 saturated heterocycles. The van der Waals surface area contributed by atoms with Crippen molar-refractivity contribution in [2.75, 3.05) is 11.8 Å². The molecule has 0 atom stereocenters. The Hall–Kier alpha value is -0.280. The van der Waals surface area contributed by atoms with E-state index in [1.54, 1.807) is 0 Å². The Morgan fingerprint density at radius 3 is 1.47 bits per heavy atom. The molecular weight excluding hydrogens is 263 g/mol. The zero-order valence-corrected chi connectivity index (χ0v) is 11.6. The molecule has 0 bridgehead atoms. The third-order valence-electron chi connectivity index (χ3n) is 2.26. The van der Waals surface area contributed by atoms with Gasteiger partial charge in [-0.2, -0.15) is 0 Å². The average molecular weight is 283 g/mol. The zero-order chi connectivity index (χ0) is 12.9. The smallest absolute Gasteiger partial charge is 0.313 e. The number of unbranched alkanes of at least 4 members (excludes halogenated alkanes) is 4. The van der Waals surface area contributed by atoms with Gasteiger partial charge in [-0.05, 0) is 25.7 Å². The van der Waals surface area contributed by atoms with Crippen molar-refractivity contribution in [1.82, 2.24) is 0 Å². The fraction of sp³-hybridized carbons (Fsp3) is 0.833. The van der Waals surface area contributed by atoms with Crippen LogP contribution in [0.4, 0.5) is 0 Å². The molecule has 0 aromatic heterocycles. The van der Waals surface area contributed by atoms with E-state index in [4.69, 9.17) is 23.2 Å². The summed E-state index contributed by atoms with van der Waals surface area (Å²) in [7, 11) is 0. The first-order chi connectivity index (χ1) is 8.20. The van der Waals surface area contributed by atoms with Gasteiger partial charge in [-0.25, -0.2) is 0 Å². The minimum absolute atomic E-state index is 0.296. The molecule has 0 N–H and O–H groups in total. The number of ether oxygens (including phenoxy) is 1. The summed E-state index contributed by atoms with van der Waals surface area (Å²) in [5, 5.41) is 0. The molecule has 17 heavy (non-hydrogen) atoms. The van der Waals surface area contributed by atoms with Crippen molar-refractivity contribution in [3.05, 3.63) is 0 Å². The summed E-state index contributed by atoms with van der Waals surface area (Å²) < 4.78 is 4.67. The summed E-state index contributed by atoms with van der Waals surface area (Å²) >= 11 is 11.0. The second-order valence-electron chi connectivity index (χ2n) is 3.85. The zero-order valence-electron chi connectivity index (χ0n) is 10.1. The summed E-state index contributed by atoms with van der Waals surface area (Å²) in [6.07, 6.45) is 5.61. The molecule has 0 aliphatic heterocycles. The first-order valence-corrected chi connectivity index (χ1v) is 7.13. The Morgan fingerprint density at radius 2 is 1.12 bits per heavy atom. The highest BCUT2D eigenvalue weighted by molar-refractivity contribution is 6.18. The lowest BCUT2D eigenvalue weighted by Gasteiger charge is -2.02. The minimum atomic E-state index is -0.429. The molecule has 3 nitrogen and oxygen atoms in total. The quantitative estimate of drug-likeness (QED) is 0.266. The summed E-state index contributed by atoms with van der Waals surface area (Å²) in [6.45, 7) is 0. The number of halogens is 2. The van der Waals surface area contributed by atoms with E-state index in [0.29, 0.717) is 24.6 Å². The van der Waals surface area contributed by atoms with Crippen molar-refractivity contribution in [1.29, 1.82) is 0 Å². The van der Waals surface area contributed by atoms with Gasteiger partial charge < -0.3 is 4.74 Å². The van der Waals surface area contributed by atoms with Gasteiger partial charge in [-0.1, -0.05) is 12.8 Å². The first-order valence-electron chi connectivity index (χ1n) is 6.06. The lowest BCUT2D eigenvalue weighted by atomic mass is 10.2. The Morgan fingerprint density at radius 1 is 0.706 bits per heavy atom. The molecule has 0 amide bonds. The van der Waals surface area contributed by atoms with Crippen LogP contribution in [-0.2, 0) is 14.3 Å². The number of carbonyl (C=O) groups excluding carboxylic acids is 2. The van der Waals surface area contributed by atoms with E-state index in [1.807, 2.05) is 0 Å². The Kier molecular flexibility index (Phi) is 12.0. The molecule has 0 unspecified atom stereocenters. The van der Waals surface area contributed by atoms with Crippen LogP contribution >= 0.6 is 23.2 Å². The maximum atomic E-state index is 11.2. The average Bonchev–Trinajstić information content (AvgIpc) is 2.30. The van der Waals surface area contributed by atoms with E-state index in [0.717, 1.165) is 38.5 Å². The highest BCUT2D eigenvalue weighted by atomic mass is 35.5. The van der Waals surface area contributed by atoms with Crippen LogP contribution in [0.1, 0.15) is 51.4 Å². The van der Waals surface area contributed by atoms with E-state index < -0.39 is 11.9 Å². The normalized spacial score (nSPS) is 10.2. The van der Waals surface area contributed by atoms with Crippen molar-refractivity contribution in [2.24, 2.45) is 0 Å². The Labute approximate surface area is 113 Å². The van der Waals surface area contributed by atoms with E-state index >= 15 is 0 Å². The lowest BCUT2D eigenvalue weighted by molar-refractivity contribution is -0.159. The third-order valence-corrected chi connectivity index (χ3v) is 2.79. The molecule has 5 heteroatoms. The second kappa shape index (κ2) is 12.2. The van der Waals surface area contributed by atoms with Gasteiger partial charge in [0.2, 0.25) is 0 Å². The van der Waals surface area contributed by atoms with Crippen molar-refractivity contribution < 1.29 is 14.3 Å². The summed E-state index contributed by atoms with van der Waals surface area (Å²) in [5.41, 5.74) is 0. The minimum Gasteiger partial charge on any atom is -0.393 e. The Balaban J connectivity index is 3.42. The van der Waals surface area contributed by atoms with Crippen LogP contribution in [0.5, 0.6) is 0 Å². The third kappa shape index (κ3) is 12.0. The fourth-order valence-electron chi connectivity index (χ4n) is 1.31. The van der Waals surface area contributed by atoms with E-state index in [1.165, 1.54) is 0 Å². The van der Waals surface area contributed by atoms with Gasteiger partial charge in [0.05, 0.1) is 0 Å². The topological polar surface area (TPSA) is 43.4 Å². The molecule has 0 aliphatic carbocycles. The maximum Gasteiger partial charge on any atom is 0.313 e. The highest BCUT2D eigenvalue weighted by Crippen LogP contribution is 2.05. The maximum absolute atomic E-state index is 11.2. The molecule has 0 aromatic carbocycles. The van der Waals surface area contributed by atoms with Crippen LogP contribution in [0.2, 0.25) is 0 Å². The van der Waals surface area contributed by atoms with Crippen LogP contribution in [0.25, 0.3) is 0 Å². The van der Waals surface area contributed by atoms with E-state index in [9.17, 15) is 9.59 Å². The summed E-state index contributed by atoms with van der Waals surface area (Å²) in [4.78, 5) is 22.4. The largest absolute Gasteiger partial charge is 0.393 e. The molecule has 0 radical (unpaired) electrons. The predicted octanol–water partition coefficient (Wildman–Crippen LogP) is 3.65. The van der Waals surface area contributed by atoms with Crippen molar-refractivity contribution in [3.63, 3.8) is 0 Å². The highest BCUT2D eigenvalue weighted by Gasteiger charge is 2.09. The lowest BCUT2D eigenvalue weighted by Crippen LogP contribution is -2.11. The fourth-order valence-corrected chi connectivity index (χ4v) is 1.69. The molecule has 0 fully saturated rings. The Bertz CT molecular complexity index is 198. The van der Waals surface area contributed by atoms with Crippen LogP contribution in [-0.4, -0.2) is 23.7 Å². The number of carbonyl (C=O) groups is 2. The molecular formula is C12H20Cl2O3. The molecule has 0 heterocycles. The van der Waals surface area contributed by atoms with Gasteiger partial charge in [-0.3, -0.25) is 9.59 Å². The summed E-state index contributed by atoms with van der Waals surface area (Å²) in [5.74, 6) is 0.354. The number of alkyl halides is 2. The molecule has 0 spiro atoms. The standard InChI is InChI=1S/C12H20Cl2O3/c13-9-5-1-3-7-11(15)17-12(16)8-4-2-6-10-14/h1-10H2. The summed E-state index contributed by atoms with van der Waals surface area (Å²) in [6, 6.07) is 0. The SMILES string of the molecule is O=C(CCCCCCl)OC(=O)CCCCCCl. The van der Waals surface area contributed by atoms with Gasteiger partial charge >= 0.3 is 11.9 Å². The predicted molar refractivity (Wildman–Crippen MR) is 69.5 cm³/mol. The number of hydrogen-bond donors (Lipinski definition) is 0. The number of hydrogen-bond acceptors (Lipinski definition) is 3. The van der Waals surface area contributed by atoms with Crippen molar-refractivity contribution >= 4 is 35.1 Å². The van der Waals surface area contributed by atoms with Gasteiger partial charge in [0.1, 0.15) is 0 Å². The van der Waals surface area contributed by atoms with Crippen LogP contribution < -0.4 is 0 Å². The van der Waals surface area contributed by atoms with Crippen LogP contribution in [0.3, 0.4) is 0 Å². The van der Waals surface area contributed by atoms with Crippen LogP contribution in [0, 0.1) is 0 Å². The number of rotatable bonds is 10. The first kappa shape index (κ1) is 16.7. The molecule has 0 rings (SSSR count). The molecule has 0 aliphatic rings. The molecule has 0 saturated carbocycles. The van der Waals surface area contributed by atoms with Gasteiger partial charge in [0, 0.05) is 24.6 Å². The van der Waals surface area contributed by atoms with Gasteiger partial charge in [-0.15, -0.1) is 23.2 Å². The van der Waals surface area contributed by atoms with Crippen molar-refractivity contribution in [3.8, 4) is 0 Å². The van der Waals surface area contributed by atoms with Gasteiger partial charge in [0.25, 0.3) is 0 Å². The second-order valence-corrected chi connectivity index (χ2v) is 4.60. The molecule has 0 aromatic rings.